The Morgan fingerprint density at radius 3 is 2.78 bits per heavy atom. The standard InChI is InChI=1S/C13H24N2O3/c1-18-13(17)10-7-11(14-5-6-16)9-15(8-10)12-3-2-4-12/h10-12,14,16H,2-9H2,1H3. The lowest BCUT2D eigenvalue weighted by Crippen LogP contribution is -2.56. The van der Waals surface area contributed by atoms with Crippen molar-refractivity contribution in [2.24, 2.45) is 5.92 Å². The third kappa shape index (κ3) is 3.22. The van der Waals surface area contributed by atoms with Crippen molar-refractivity contribution >= 4 is 5.97 Å². The van der Waals surface area contributed by atoms with Crippen LogP contribution in [0.1, 0.15) is 25.7 Å². The fourth-order valence-electron chi connectivity index (χ4n) is 2.94. The van der Waals surface area contributed by atoms with Crippen molar-refractivity contribution in [1.29, 1.82) is 0 Å². The normalized spacial score (nSPS) is 29.9. The lowest BCUT2D eigenvalue weighted by atomic mass is 9.86. The van der Waals surface area contributed by atoms with Gasteiger partial charge in [0, 0.05) is 31.7 Å². The number of rotatable bonds is 5. The molecule has 2 fully saturated rings. The molecule has 2 unspecified atom stereocenters. The summed E-state index contributed by atoms with van der Waals surface area (Å²) in [5.74, 6) is -0.129. The Labute approximate surface area is 108 Å². The first-order chi connectivity index (χ1) is 8.74. The maximum Gasteiger partial charge on any atom is 0.310 e. The fraction of sp³-hybridized carbons (Fsp3) is 0.923. The van der Waals surface area contributed by atoms with Crippen molar-refractivity contribution in [3.05, 3.63) is 0 Å². The summed E-state index contributed by atoms with van der Waals surface area (Å²) in [4.78, 5) is 14.2. The zero-order chi connectivity index (χ0) is 13.0. The van der Waals surface area contributed by atoms with Crippen LogP contribution in [0.5, 0.6) is 0 Å². The van der Waals surface area contributed by atoms with Crippen molar-refractivity contribution in [2.75, 3.05) is 33.4 Å². The number of piperidine rings is 1. The van der Waals surface area contributed by atoms with Crippen molar-refractivity contribution in [3.63, 3.8) is 0 Å². The fourth-order valence-corrected chi connectivity index (χ4v) is 2.94. The molecule has 0 radical (unpaired) electrons. The van der Waals surface area contributed by atoms with Crippen LogP contribution in [-0.4, -0.2) is 61.4 Å². The molecule has 18 heavy (non-hydrogen) atoms. The van der Waals surface area contributed by atoms with Crippen LogP contribution < -0.4 is 5.32 Å². The first-order valence-electron chi connectivity index (χ1n) is 6.90. The van der Waals surface area contributed by atoms with E-state index in [-0.39, 0.29) is 24.5 Å². The van der Waals surface area contributed by atoms with E-state index in [1.807, 2.05) is 0 Å². The molecule has 104 valence electrons. The Kier molecular flexibility index (Phi) is 4.97. The summed E-state index contributed by atoms with van der Waals surface area (Å²) in [6, 6.07) is 0.937. The quantitative estimate of drug-likeness (QED) is 0.677. The Morgan fingerprint density at radius 1 is 1.44 bits per heavy atom. The smallest absolute Gasteiger partial charge is 0.310 e. The monoisotopic (exact) mass is 256 g/mol. The number of hydrogen-bond donors (Lipinski definition) is 2. The third-order valence-electron chi connectivity index (χ3n) is 4.15. The number of carbonyl (C=O) groups excluding carboxylic acids is 1. The molecule has 0 aromatic rings. The predicted molar refractivity (Wildman–Crippen MR) is 68.2 cm³/mol. The summed E-state index contributed by atoms with van der Waals surface area (Å²) < 4.78 is 4.88. The summed E-state index contributed by atoms with van der Waals surface area (Å²) >= 11 is 0. The number of esters is 1. The molecule has 0 spiro atoms. The first-order valence-corrected chi connectivity index (χ1v) is 6.90. The van der Waals surface area contributed by atoms with Gasteiger partial charge in [0.05, 0.1) is 19.6 Å². The third-order valence-corrected chi connectivity index (χ3v) is 4.15. The number of methoxy groups -OCH3 is 1. The second-order valence-electron chi connectivity index (χ2n) is 5.37. The van der Waals surface area contributed by atoms with Gasteiger partial charge in [-0.05, 0) is 19.3 Å². The average Bonchev–Trinajstić information content (AvgIpc) is 2.33. The van der Waals surface area contributed by atoms with Crippen LogP contribution in [-0.2, 0) is 9.53 Å². The van der Waals surface area contributed by atoms with Gasteiger partial charge in [0.1, 0.15) is 0 Å². The van der Waals surface area contributed by atoms with Gasteiger partial charge in [-0.25, -0.2) is 0 Å². The van der Waals surface area contributed by atoms with Crippen LogP contribution in [0.4, 0.5) is 0 Å². The number of hydrogen-bond acceptors (Lipinski definition) is 5. The van der Waals surface area contributed by atoms with E-state index in [9.17, 15) is 4.79 Å². The number of likely N-dealkylation sites (tertiary alicyclic amines) is 1. The van der Waals surface area contributed by atoms with Crippen LogP contribution in [0, 0.1) is 5.92 Å². The van der Waals surface area contributed by atoms with Gasteiger partial charge in [0.15, 0.2) is 0 Å². The van der Waals surface area contributed by atoms with Gasteiger partial charge in [0.25, 0.3) is 0 Å². The number of aliphatic hydroxyl groups excluding tert-OH is 1. The highest BCUT2D eigenvalue weighted by Crippen LogP contribution is 2.29. The van der Waals surface area contributed by atoms with Gasteiger partial charge in [-0.15, -0.1) is 0 Å². The molecular weight excluding hydrogens is 232 g/mol. The molecule has 0 aromatic carbocycles. The van der Waals surface area contributed by atoms with E-state index in [1.54, 1.807) is 0 Å². The number of aliphatic hydroxyl groups is 1. The van der Waals surface area contributed by atoms with Crippen molar-refractivity contribution in [3.8, 4) is 0 Å². The maximum atomic E-state index is 11.7. The molecule has 0 amide bonds. The van der Waals surface area contributed by atoms with Crippen LogP contribution in [0.15, 0.2) is 0 Å². The van der Waals surface area contributed by atoms with E-state index in [2.05, 4.69) is 10.2 Å². The first kappa shape index (κ1) is 13.8. The maximum absolute atomic E-state index is 11.7. The highest BCUT2D eigenvalue weighted by atomic mass is 16.5. The van der Waals surface area contributed by atoms with Gasteiger partial charge in [-0.1, -0.05) is 6.42 Å². The van der Waals surface area contributed by atoms with Crippen molar-refractivity contribution in [1.82, 2.24) is 10.2 Å². The Hall–Kier alpha value is -0.650. The van der Waals surface area contributed by atoms with E-state index in [4.69, 9.17) is 9.84 Å². The van der Waals surface area contributed by atoms with E-state index < -0.39 is 0 Å². The summed E-state index contributed by atoms with van der Waals surface area (Å²) in [5.41, 5.74) is 0. The average molecular weight is 256 g/mol. The van der Waals surface area contributed by atoms with Crippen molar-refractivity contribution < 1.29 is 14.6 Å². The highest BCUT2D eigenvalue weighted by molar-refractivity contribution is 5.72. The minimum atomic E-state index is -0.102. The molecule has 5 nitrogen and oxygen atoms in total. The highest BCUT2D eigenvalue weighted by Gasteiger charge is 2.36. The van der Waals surface area contributed by atoms with Crippen LogP contribution in [0.25, 0.3) is 0 Å². The number of ether oxygens (including phenoxy) is 1. The molecular formula is C13H24N2O3. The van der Waals surface area contributed by atoms with E-state index in [0.29, 0.717) is 12.6 Å². The Bertz CT molecular complexity index is 281. The zero-order valence-electron chi connectivity index (χ0n) is 11.1. The lowest BCUT2D eigenvalue weighted by molar-refractivity contribution is -0.148. The summed E-state index contributed by atoms with van der Waals surface area (Å²) in [6.45, 7) is 2.55. The molecule has 1 aliphatic carbocycles. The van der Waals surface area contributed by atoms with Gasteiger partial charge in [0.2, 0.25) is 0 Å². The van der Waals surface area contributed by atoms with Gasteiger partial charge >= 0.3 is 5.97 Å². The van der Waals surface area contributed by atoms with Crippen molar-refractivity contribution in [2.45, 2.75) is 37.8 Å². The SMILES string of the molecule is COC(=O)C1CC(NCCO)CN(C2CCC2)C1. The number of nitrogens with zero attached hydrogens (tertiary/aromatic N) is 1. The Balaban J connectivity index is 1.93. The molecule has 2 aliphatic rings. The number of carbonyl (C=O) groups is 1. The second-order valence-corrected chi connectivity index (χ2v) is 5.37. The minimum Gasteiger partial charge on any atom is -0.469 e. The van der Waals surface area contributed by atoms with E-state index in [1.165, 1.54) is 26.4 Å². The topological polar surface area (TPSA) is 61.8 Å². The molecule has 1 aliphatic heterocycles. The van der Waals surface area contributed by atoms with E-state index in [0.717, 1.165) is 19.5 Å². The van der Waals surface area contributed by atoms with Gasteiger partial charge in [-0.2, -0.15) is 0 Å². The van der Waals surface area contributed by atoms with E-state index >= 15 is 0 Å². The predicted octanol–water partition coefficient (Wildman–Crippen LogP) is -0.0157. The summed E-state index contributed by atoms with van der Waals surface area (Å²) in [6.07, 6.45) is 4.62. The molecule has 2 atom stereocenters. The lowest BCUT2D eigenvalue weighted by Gasteiger charge is -2.44. The molecule has 2 rings (SSSR count). The van der Waals surface area contributed by atoms with Gasteiger partial charge in [-0.3, -0.25) is 9.69 Å². The van der Waals surface area contributed by atoms with Gasteiger partial charge < -0.3 is 15.2 Å². The minimum absolute atomic E-state index is 0.0273. The molecule has 1 saturated carbocycles. The van der Waals surface area contributed by atoms with Crippen LogP contribution >= 0.6 is 0 Å². The van der Waals surface area contributed by atoms with Crippen LogP contribution in [0.2, 0.25) is 0 Å². The second kappa shape index (κ2) is 6.50. The summed E-state index contributed by atoms with van der Waals surface area (Å²) in [5, 5.41) is 12.2. The Morgan fingerprint density at radius 2 is 2.22 bits per heavy atom. The molecule has 0 aromatic heterocycles. The molecule has 1 heterocycles. The molecule has 1 saturated heterocycles. The zero-order valence-corrected chi connectivity index (χ0v) is 11.1. The molecule has 0 bridgehead atoms. The summed E-state index contributed by atoms with van der Waals surface area (Å²) in [7, 11) is 1.46. The number of nitrogens with one attached hydrogen (secondary N) is 1. The largest absolute Gasteiger partial charge is 0.469 e. The molecule has 2 N–H and O–H groups in total. The molecule has 5 heteroatoms. The van der Waals surface area contributed by atoms with Crippen LogP contribution in [0.3, 0.4) is 0 Å².